The summed E-state index contributed by atoms with van der Waals surface area (Å²) in [7, 11) is 0. The van der Waals surface area contributed by atoms with E-state index >= 15 is 0 Å². The Morgan fingerprint density at radius 2 is 1.90 bits per heavy atom. The van der Waals surface area contributed by atoms with E-state index in [-0.39, 0.29) is 11.1 Å². The van der Waals surface area contributed by atoms with Gasteiger partial charge in [0.1, 0.15) is 11.6 Å². The number of thiophene rings is 1. The Morgan fingerprint density at radius 1 is 1.10 bits per heavy atom. The first-order valence-electron chi connectivity index (χ1n) is 6.06. The van der Waals surface area contributed by atoms with Crippen LogP contribution in [0.25, 0.3) is 21.7 Å². The summed E-state index contributed by atoms with van der Waals surface area (Å²) < 4.78 is 0. The van der Waals surface area contributed by atoms with Crippen molar-refractivity contribution in [2.75, 3.05) is 0 Å². The highest BCUT2D eigenvalue weighted by atomic mass is 32.1. The van der Waals surface area contributed by atoms with Crippen molar-refractivity contribution in [2.24, 2.45) is 0 Å². The fourth-order valence-electron chi connectivity index (χ4n) is 2.07. The molecular weight excluding hydrogens is 268 g/mol. The van der Waals surface area contributed by atoms with Gasteiger partial charge >= 0.3 is 0 Å². The van der Waals surface area contributed by atoms with E-state index in [1.807, 2.05) is 60.0 Å². The molecule has 96 valence electrons. The van der Waals surface area contributed by atoms with Crippen LogP contribution in [0.1, 0.15) is 5.56 Å². The number of aromatic amines is 1. The van der Waals surface area contributed by atoms with Crippen molar-refractivity contribution in [1.29, 1.82) is 5.26 Å². The number of hydrogen-bond acceptors (Lipinski definition) is 3. The van der Waals surface area contributed by atoms with Gasteiger partial charge in [-0.05, 0) is 23.1 Å². The molecule has 0 unspecified atom stereocenters. The van der Waals surface area contributed by atoms with Gasteiger partial charge in [-0.2, -0.15) is 5.26 Å². The van der Waals surface area contributed by atoms with Gasteiger partial charge in [-0.15, -0.1) is 11.3 Å². The summed E-state index contributed by atoms with van der Waals surface area (Å²) in [4.78, 5) is 15.8. The Morgan fingerprint density at radius 3 is 2.55 bits per heavy atom. The van der Waals surface area contributed by atoms with E-state index in [0.717, 1.165) is 16.1 Å². The molecule has 0 bridgehead atoms. The zero-order valence-electron chi connectivity index (χ0n) is 10.5. The molecule has 1 N–H and O–H groups in total. The number of hydrogen-bond donors (Lipinski definition) is 1. The smallest absolute Gasteiger partial charge is 0.267 e. The van der Waals surface area contributed by atoms with Crippen molar-refractivity contribution in [2.45, 2.75) is 0 Å². The number of H-pyrrole nitrogens is 1. The van der Waals surface area contributed by atoms with E-state index in [9.17, 15) is 10.1 Å². The first-order chi connectivity index (χ1) is 9.79. The maximum Gasteiger partial charge on any atom is 0.267 e. The zero-order valence-corrected chi connectivity index (χ0v) is 11.3. The molecule has 0 spiro atoms. The minimum absolute atomic E-state index is 0.159. The molecule has 20 heavy (non-hydrogen) atoms. The highest BCUT2D eigenvalue weighted by Gasteiger charge is 2.12. The lowest BCUT2D eigenvalue weighted by Gasteiger charge is -2.06. The predicted molar refractivity (Wildman–Crippen MR) is 80.5 cm³/mol. The highest BCUT2D eigenvalue weighted by molar-refractivity contribution is 7.13. The lowest BCUT2D eigenvalue weighted by Crippen LogP contribution is -2.12. The number of nitrogens with one attached hydrogen (secondary N) is 1. The normalized spacial score (nSPS) is 10.2. The lowest BCUT2D eigenvalue weighted by atomic mass is 10.0. The number of aromatic nitrogens is 1. The second-order valence-corrected chi connectivity index (χ2v) is 5.20. The Bertz CT molecular complexity index is 827. The largest absolute Gasteiger partial charge is 0.321 e. The van der Waals surface area contributed by atoms with Crippen molar-refractivity contribution in [3.63, 3.8) is 0 Å². The van der Waals surface area contributed by atoms with Crippen LogP contribution in [-0.4, -0.2) is 4.98 Å². The Labute approximate surface area is 119 Å². The van der Waals surface area contributed by atoms with Crippen LogP contribution >= 0.6 is 11.3 Å². The van der Waals surface area contributed by atoms with Crippen LogP contribution in [0.3, 0.4) is 0 Å². The molecule has 0 atom stereocenters. The van der Waals surface area contributed by atoms with Crippen LogP contribution < -0.4 is 5.56 Å². The molecule has 3 nitrogen and oxygen atoms in total. The van der Waals surface area contributed by atoms with E-state index < -0.39 is 0 Å². The molecule has 0 saturated heterocycles. The number of benzene rings is 1. The van der Waals surface area contributed by atoms with Crippen LogP contribution in [0.15, 0.2) is 58.7 Å². The molecule has 2 aromatic heterocycles. The van der Waals surface area contributed by atoms with Gasteiger partial charge in [-0.25, -0.2) is 0 Å². The maximum absolute atomic E-state index is 12.1. The SMILES string of the molecule is N#Cc1c(-c2cccs2)cc(-c2ccccc2)[nH]c1=O. The predicted octanol–water partition coefficient (Wildman–Crippen LogP) is 3.64. The van der Waals surface area contributed by atoms with Gasteiger partial charge in [0.25, 0.3) is 5.56 Å². The van der Waals surface area contributed by atoms with Crippen LogP contribution in [0, 0.1) is 11.3 Å². The van der Waals surface area contributed by atoms with E-state index in [4.69, 9.17) is 0 Å². The third kappa shape index (κ3) is 2.15. The number of nitriles is 1. The monoisotopic (exact) mass is 278 g/mol. The molecule has 3 rings (SSSR count). The molecule has 4 heteroatoms. The molecule has 0 fully saturated rings. The molecule has 3 aromatic rings. The first kappa shape index (κ1) is 12.4. The second kappa shape index (κ2) is 5.16. The summed E-state index contributed by atoms with van der Waals surface area (Å²) in [6.07, 6.45) is 0. The van der Waals surface area contributed by atoms with Gasteiger partial charge < -0.3 is 4.98 Å². The van der Waals surface area contributed by atoms with Gasteiger partial charge in [-0.3, -0.25) is 4.79 Å². The van der Waals surface area contributed by atoms with Crippen LogP contribution in [-0.2, 0) is 0 Å². The Kier molecular flexibility index (Phi) is 3.20. The number of nitrogens with zero attached hydrogens (tertiary/aromatic N) is 1. The fourth-order valence-corrected chi connectivity index (χ4v) is 2.82. The number of pyridine rings is 1. The molecular formula is C16H10N2OS. The zero-order chi connectivity index (χ0) is 13.9. The quantitative estimate of drug-likeness (QED) is 0.778. The lowest BCUT2D eigenvalue weighted by molar-refractivity contribution is 1.22. The molecule has 0 aliphatic rings. The Balaban J connectivity index is 2.27. The van der Waals surface area contributed by atoms with E-state index in [1.54, 1.807) is 0 Å². The van der Waals surface area contributed by atoms with Crippen molar-refractivity contribution in [3.05, 3.63) is 69.8 Å². The first-order valence-corrected chi connectivity index (χ1v) is 6.94. The molecule has 1 aromatic carbocycles. The summed E-state index contributed by atoms with van der Waals surface area (Å²) in [6, 6.07) is 17.3. The minimum atomic E-state index is -0.350. The third-order valence-electron chi connectivity index (χ3n) is 3.02. The van der Waals surface area contributed by atoms with Crippen LogP contribution in [0.5, 0.6) is 0 Å². The van der Waals surface area contributed by atoms with Gasteiger partial charge in [0, 0.05) is 16.1 Å². The standard InChI is InChI=1S/C16H10N2OS/c17-10-13-12(15-7-4-8-20-15)9-14(18-16(13)19)11-5-2-1-3-6-11/h1-9H,(H,18,19). The average Bonchev–Trinajstić information content (AvgIpc) is 3.01. The molecule has 0 radical (unpaired) electrons. The summed E-state index contributed by atoms with van der Waals surface area (Å²) >= 11 is 1.51. The van der Waals surface area contributed by atoms with E-state index in [0.29, 0.717) is 5.56 Å². The molecule has 0 saturated carbocycles. The highest BCUT2D eigenvalue weighted by Crippen LogP contribution is 2.29. The van der Waals surface area contributed by atoms with Crippen molar-refractivity contribution in [3.8, 4) is 27.8 Å². The van der Waals surface area contributed by atoms with Crippen LogP contribution in [0.2, 0.25) is 0 Å². The molecule has 0 aliphatic carbocycles. The van der Waals surface area contributed by atoms with E-state index in [2.05, 4.69) is 4.98 Å². The molecule has 0 aliphatic heterocycles. The maximum atomic E-state index is 12.1. The molecule has 2 heterocycles. The minimum Gasteiger partial charge on any atom is -0.321 e. The van der Waals surface area contributed by atoms with Crippen molar-refractivity contribution < 1.29 is 0 Å². The van der Waals surface area contributed by atoms with Gasteiger partial charge in [0.15, 0.2) is 0 Å². The summed E-state index contributed by atoms with van der Waals surface area (Å²) in [6.45, 7) is 0. The Hall–Kier alpha value is -2.64. The average molecular weight is 278 g/mol. The van der Waals surface area contributed by atoms with Gasteiger partial charge in [-0.1, -0.05) is 36.4 Å². The fraction of sp³-hybridized carbons (Fsp3) is 0. The second-order valence-electron chi connectivity index (χ2n) is 4.26. The van der Waals surface area contributed by atoms with Gasteiger partial charge in [0.2, 0.25) is 0 Å². The summed E-state index contributed by atoms with van der Waals surface area (Å²) in [5.74, 6) is 0. The number of rotatable bonds is 2. The summed E-state index contributed by atoms with van der Waals surface area (Å²) in [5.41, 5.74) is 2.14. The van der Waals surface area contributed by atoms with Crippen molar-refractivity contribution in [1.82, 2.24) is 4.98 Å². The summed E-state index contributed by atoms with van der Waals surface area (Å²) in [5, 5.41) is 11.1. The van der Waals surface area contributed by atoms with E-state index in [1.165, 1.54) is 11.3 Å². The van der Waals surface area contributed by atoms with Crippen LogP contribution in [0.4, 0.5) is 0 Å². The molecule has 0 amide bonds. The van der Waals surface area contributed by atoms with Crippen molar-refractivity contribution >= 4 is 11.3 Å². The third-order valence-corrected chi connectivity index (χ3v) is 3.92. The topological polar surface area (TPSA) is 56.6 Å². The van der Waals surface area contributed by atoms with Gasteiger partial charge in [0.05, 0.1) is 0 Å².